The van der Waals surface area contributed by atoms with Crippen molar-refractivity contribution in [3.8, 4) is 0 Å². The molecule has 3 aromatic rings. The van der Waals surface area contributed by atoms with Gasteiger partial charge in [0, 0.05) is 18.0 Å². The van der Waals surface area contributed by atoms with Crippen LogP contribution in [0.3, 0.4) is 0 Å². The summed E-state index contributed by atoms with van der Waals surface area (Å²) in [5, 5.41) is 5.34. The summed E-state index contributed by atoms with van der Waals surface area (Å²) in [5.74, 6) is -0.269. The van der Waals surface area contributed by atoms with Gasteiger partial charge in [-0.25, -0.2) is 0 Å². The molecule has 2 amide bonds. The predicted molar refractivity (Wildman–Crippen MR) is 105 cm³/mol. The van der Waals surface area contributed by atoms with Crippen LogP contribution in [0, 0.1) is 13.8 Å². The van der Waals surface area contributed by atoms with Crippen LogP contribution in [-0.4, -0.2) is 22.9 Å². The van der Waals surface area contributed by atoms with Crippen molar-refractivity contribution in [3.63, 3.8) is 0 Å². The van der Waals surface area contributed by atoms with E-state index in [2.05, 4.69) is 10.6 Å². The van der Waals surface area contributed by atoms with E-state index in [9.17, 15) is 14.4 Å². The molecule has 0 saturated heterocycles. The Labute approximate surface area is 162 Å². The van der Waals surface area contributed by atoms with Gasteiger partial charge in [-0.15, -0.1) is 0 Å². The molecule has 144 valence electrons. The quantitative estimate of drug-likeness (QED) is 0.688. The largest absolute Gasteiger partial charge is 0.454 e. The standard InChI is InChI=1S/C21H21N3O4/c1-14-6-5-7-15(2)20(14)23-18(25)12-22-21(27)17-10-9-16(28-17)13-24-11-4-3-8-19(24)26/h3-11H,12-13H2,1-2H3,(H,22,27)(H,23,25). The highest BCUT2D eigenvalue weighted by atomic mass is 16.4. The van der Waals surface area contributed by atoms with E-state index in [4.69, 9.17) is 4.42 Å². The monoisotopic (exact) mass is 379 g/mol. The van der Waals surface area contributed by atoms with E-state index in [1.807, 2.05) is 32.0 Å². The molecule has 0 aliphatic rings. The zero-order valence-corrected chi connectivity index (χ0v) is 15.7. The lowest BCUT2D eigenvalue weighted by molar-refractivity contribution is -0.115. The van der Waals surface area contributed by atoms with Crippen LogP contribution in [0.5, 0.6) is 0 Å². The Hall–Kier alpha value is -3.61. The lowest BCUT2D eigenvalue weighted by Gasteiger charge is -2.11. The van der Waals surface area contributed by atoms with E-state index in [1.165, 1.54) is 16.7 Å². The van der Waals surface area contributed by atoms with E-state index >= 15 is 0 Å². The second-order valence-corrected chi connectivity index (χ2v) is 6.43. The molecule has 0 atom stereocenters. The Balaban J connectivity index is 1.57. The molecule has 7 heteroatoms. The van der Waals surface area contributed by atoms with Gasteiger partial charge in [0.05, 0.1) is 13.1 Å². The molecule has 0 radical (unpaired) electrons. The van der Waals surface area contributed by atoms with Crippen LogP contribution in [0.15, 0.2) is 63.9 Å². The Morgan fingerprint density at radius 1 is 1.00 bits per heavy atom. The van der Waals surface area contributed by atoms with Gasteiger partial charge in [-0.2, -0.15) is 0 Å². The summed E-state index contributed by atoms with van der Waals surface area (Å²) in [5.41, 5.74) is 2.49. The number of carbonyl (C=O) groups is 2. The molecule has 0 spiro atoms. The van der Waals surface area contributed by atoms with Gasteiger partial charge in [-0.1, -0.05) is 24.3 Å². The second kappa shape index (κ2) is 8.39. The van der Waals surface area contributed by atoms with Crippen LogP contribution in [-0.2, 0) is 11.3 Å². The number of rotatable bonds is 6. The molecule has 0 aliphatic carbocycles. The maximum atomic E-state index is 12.2. The first-order chi connectivity index (χ1) is 13.4. The fourth-order valence-corrected chi connectivity index (χ4v) is 2.79. The van der Waals surface area contributed by atoms with E-state index in [1.54, 1.807) is 24.4 Å². The Bertz CT molecular complexity index is 1050. The second-order valence-electron chi connectivity index (χ2n) is 6.43. The van der Waals surface area contributed by atoms with Crippen molar-refractivity contribution in [2.45, 2.75) is 20.4 Å². The molecule has 7 nitrogen and oxygen atoms in total. The third-order valence-corrected chi connectivity index (χ3v) is 4.27. The predicted octanol–water partition coefficient (Wildman–Crippen LogP) is 2.47. The maximum absolute atomic E-state index is 12.2. The van der Waals surface area contributed by atoms with Crippen LogP contribution in [0.25, 0.3) is 0 Å². The van der Waals surface area contributed by atoms with Gasteiger partial charge in [0.1, 0.15) is 5.76 Å². The molecule has 0 aliphatic heterocycles. The Morgan fingerprint density at radius 2 is 1.75 bits per heavy atom. The first-order valence-electron chi connectivity index (χ1n) is 8.82. The zero-order chi connectivity index (χ0) is 20.1. The molecule has 0 bridgehead atoms. The summed E-state index contributed by atoms with van der Waals surface area (Å²) < 4.78 is 6.96. The third-order valence-electron chi connectivity index (χ3n) is 4.27. The zero-order valence-electron chi connectivity index (χ0n) is 15.7. The highest BCUT2D eigenvalue weighted by molar-refractivity contribution is 5.98. The van der Waals surface area contributed by atoms with Crippen LogP contribution >= 0.6 is 0 Å². The molecule has 2 heterocycles. The summed E-state index contributed by atoms with van der Waals surface area (Å²) >= 11 is 0. The molecule has 1 aromatic carbocycles. The maximum Gasteiger partial charge on any atom is 0.287 e. The molecule has 28 heavy (non-hydrogen) atoms. The van der Waals surface area contributed by atoms with Crippen molar-refractivity contribution >= 4 is 17.5 Å². The van der Waals surface area contributed by atoms with Gasteiger partial charge in [-0.05, 0) is 43.2 Å². The number of hydrogen-bond acceptors (Lipinski definition) is 4. The fourth-order valence-electron chi connectivity index (χ4n) is 2.79. The summed E-state index contributed by atoms with van der Waals surface area (Å²) in [6.07, 6.45) is 1.64. The summed E-state index contributed by atoms with van der Waals surface area (Å²) in [6, 6.07) is 13.7. The normalized spacial score (nSPS) is 10.5. The third kappa shape index (κ3) is 4.56. The van der Waals surface area contributed by atoms with Gasteiger partial charge >= 0.3 is 0 Å². The molecule has 0 unspecified atom stereocenters. The van der Waals surface area contributed by atoms with Gasteiger partial charge in [-0.3, -0.25) is 14.4 Å². The first-order valence-corrected chi connectivity index (χ1v) is 8.82. The van der Waals surface area contributed by atoms with Crippen molar-refractivity contribution in [2.24, 2.45) is 0 Å². The number of anilines is 1. The first kappa shape index (κ1) is 19.2. The van der Waals surface area contributed by atoms with E-state index in [-0.39, 0.29) is 30.3 Å². The van der Waals surface area contributed by atoms with Gasteiger partial charge < -0.3 is 19.6 Å². The fraction of sp³-hybridized carbons (Fsp3) is 0.190. The number of para-hydroxylation sites is 1. The number of nitrogens with one attached hydrogen (secondary N) is 2. The van der Waals surface area contributed by atoms with Crippen LogP contribution < -0.4 is 16.2 Å². The highest BCUT2D eigenvalue weighted by Crippen LogP contribution is 2.19. The van der Waals surface area contributed by atoms with Crippen LogP contribution in [0.2, 0.25) is 0 Å². The Kier molecular flexibility index (Phi) is 5.74. The van der Waals surface area contributed by atoms with E-state index in [0.29, 0.717) is 5.76 Å². The number of hydrogen-bond donors (Lipinski definition) is 2. The van der Waals surface area contributed by atoms with Crippen molar-refractivity contribution in [1.82, 2.24) is 9.88 Å². The average molecular weight is 379 g/mol. The highest BCUT2D eigenvalue weighted by Gasteiger charge is 2.14. The van der Waals surface area contributed by atoms with Crippen molar-refractivity contribution in [3.05, 3.63) is 87.7 Å². The molecular formula is C21H21N3O4. The minimum Gasteiger partial charge on any atom is -0.454 e. The number of pyridine rings is 1. The smallest absolute Gasteiger partial charge is 0.287 e. The molecule has 0 fully saturated rings. The number of nitrogens with zero attached hydrogens (tertiary/aromatic N) is 1. The van der Waals surface area contributed by atoms with E-state index in [0.717, 1.165) is 16.8 Å². The lowest BCUT2D eigenvalue weighted by atomic mass is 10.1. The Morgan fingerprint density at radius 3 is 2.46 bits per heavy atom. The van der Waals surface area contributed by atoms with Crippen molar-refractivity contribution < 1.29 is 14.0 Å². The van der Waals surface area contributed by atoms with Crippen molar-refractivity contribution in [1.29, 1.82) is 0 Å². The molecule has 2 N–H and O–H groups in total. The van der Waals surface area contributed by atoms with Gasteiger partial charge in [0.25, 0.3) is 11.5 Å². The molecule has 3 rings (SSSR count). The topological polar surface area (TPSA) is 93.3 Å². The lowest BCUT2D eigenvalue weighted by Crippen LogP contribution is -2.33. The number of benzene rings is 1. The van der Waals surface area contributed by atoms with Gasteiger partial charge in [0.15, 0.2) is 5.76 Å². The summed E-state index contributed by atoms with van der Waals surface area (Å²) in [7, 11) is 0. The summed E-state index contributed by atoms with van der Waals surface area (Å²) in [6.45, 7) is 3.86. The average Bonchev–Trinajstić information content (AvgIpc) is 3.13. The molecular weight excluding hydrogens is 358 g/mol. The van der Waals surface area contributed by atoms with Crippen LogP contribution in [0.1, 0.15) is 27.4 Å². The van der Waals surface area contributed by atoms with Crippen molar-refractivity contribution in [2.75, 3.05) is 11.9 Å². The molecule has 2 aromatic heterocycles. The summed E-state index contributed by atoms with van der Waals surface area (Å²) in [4.78, 5) is 36.1. The minimum atomic E-state index is -0.497. The molecule has 0 saturated carbocycles. The number of aryl methyl sites for hydroxylation is 2. The number of furan rings is 1. The SMILES string of the molecule is Cc1cccc(C)c1NC(=O)CNC(=O)c1ccc(Cn2ccccc2=O)o1. The van der Waals surface area contributed by atoms with Crippen LogP contribution in [0.4, 0.5) is 5.69 Å². The van der Waals surface area contributed by atoms with E-state index < -0.39 is 5.91 Å². The number of aromatic nitrogens is 1. The number of amides is 2. The van der Waals surface area contributed by atoms with Gasteiger partial charge in [0.2, 0.25) is 5.91 Å². The minimum absolute atomic E-state index is 0.0823. The number of carbonyl (C=O) groups excluding carboxylic acids is 2.